The molecule has 0 amide bonds. The van der Waals surface area contributed by atoms with Crippen LogP contribution in [0.3, 0.4) is 0 Å². The van der Waals surface area contributed by atoms with Crippen molar-refractivity contribution in [2.45, 2.75) is 15.8 Å². The summed E-state index contributed by atoms with van der Waals surface area (Å²) < 4.78 is 54.2. The molecular formula is C17H22N10O4S2. The van der Waals surface area contributed by atoms with Gasteiger partial charge in [0.15, 0.2) is 0 Å². The van der Waals surface area contributed by atoms with Crippen LogP contribution < -0.4 is 26.2 Å². The lowest BCUT2D eigenvalue weighted by Crippen LogP contribution is -2.53. The van der Waals surface area contributed by atoms with Crippen molar-refractivity contribution >= 4 is 25.9 Å². The molecule has 0 radical (unpaired) electrons. The summed E-state index contributed by atoms with van der Waals surface area (Å²) in [6.45, 7) is 2.05. The maximum Gasteiger partial charge on any atom is 0.241 e. The van der Waals surface area contributed by atoms with Gasteiger partial charge in [-0.05, 0) is 29.0 Å². The number of piperazine rings is 1. The molecule has 3 heterocycles. The molecule has 0 spiro atoms. The van der Waals surface area contributed by atoms with E-state index in [-0.39, 0.29) is 35.4 Å². The van der Waals surface area contributed by atoms with Gasteiger partial charge in [0.05, 0.1) is 5.56 Å². The summed E-state index contributed by atoms with van der Waals surface area (Å²) >= 11 is 0. The molecule has 33 heavy (non-hydrogen) atoms. The quantitative estimate of drug-likeness (QED) is 0.210. The molecule has 2 aromatic heterocycles. The summed E-state index contributed by atoms with van der Waals surface area (Å²) in [6.07, 6.45) is 1.41. The molecule has 1 aromatic carbocycles. The monoisotopic (exact) mass is 494 g/mol. The Morgan fingerprint density at radius 3 is 2.55 bits per heavy atom. The lowest BCUT2D eigenvalue weighted by molar-refractivity contribution is 0.414. The van der Waals surface area contributed by atoms with E-state index in [1.807, 2.05) is 0 Å². The largest absolute Gasteiger partial charge is 0.384 e. The molecule has 0 bridgehead atoms. The van der Waals surface area contributed by atoms with Crippen LogP contribution in [0, 0.1) is 0 Å². The molecule has 0 unspecified atom stereocenters. The number of sulfonamides is 2. The van der Waals surface area contributed by atoms with Crippen molar-refractivity contribution < 1.29 is 16.8 Å². The van der Waals surface area contributed by atoms with E-state index in [0.29, 0.717) is 18.7 Å². The van der Waals surface area contributed by atoms with Crippen molar-refractivity contribution in [3.05, 3.63) is 30.5 Å². The second-order valence-corrected chi connectivity index (χ2v) is 10.5. The molecule has 14 nitrogen and oxygen atoms in total. The summed E-state index contributed by atoms with van der Waals surface area (Å²) in [4.78, 5) is 2.83. The number of anilines is 1. The second kappa shape index (κ2) is 9.08. The van der Waals surface area contributed by atoms with E-state index in [0.717, 1.165) is 6.54 Å². The Labute approximate surface area is 189 Å². The maximum absolute atomic E-state index is 13.2. The standard InChI is InChI=1S/C17H22N10O4S2/c18-14-4-1-10(7-22-14)12-2-3-13(33(30,31)23-9-11-8-20-5-6-21-11)16(32(19,28)29)15(12)17-24-26-27-25-17/h1-4,7,11,20-21,23H,5-6,8-9H2,(H2,18,22)(H2,19,28,29)(H,24,25,26,27)/t11-/m1/s1. The highest BCUT2D eigenvalue weighted by atomic mass is 32.2. The molecule has 3 aromatic rings. The number of nitrogens with one attached hydrogen (secondary N) is 4. The Morgan fingerprint density at radius 2 is 1.94 bits per heavy atom. The molecule has 1 aliphatic rings. The van der Waals surface area contributed by atoms with Crippen LogP contribution in [0.25, 0.3) is 22.5 Å². The van der Waals surface area contributed by atoms with Crippen LogP contribution in [0.15, 0.2) is 40.3 Å². The Hall–Kier alpha value is -3.02. The van der Waals surface area contributed by atoms with Gasteiger partial charge in [-0.1, -0.05) is 6.07 Å². The van der Waals surface area contributed by atoms with Gasteiger partial charge in [-0.15, -0.1) is 10.2 Å². The lowest BCUT2D eigenvalue weighted by atomic mass is 10.0. The highest BCUT2D eigenvalue weighted by molar-refractivity contribution is 7.92. The number of rotatable bonds is 7. The predicted molar refractivity (Wildman–Crippen MR) is 118 cm³/mol. The van der Waals surface area contributed by atoms with Gasteiger partial charge in [0.25, 0.3) is 0 Å². The number of hydrogen-bond donors (Lipinski definition) is 6. The third-order valence-electron chi connectivity index (χ3n) is 5.01. The van der Waals surface area contributed by atoms with Gasteiger partial charge in [0, 0.05) is 44.0 Å². The van der Waals surface area contributed by atoms with Crippen molar-refractivity contribution in [2.24, 2.45) is 5.14 Å². The summed E-state index contributed by atoms with van der Waals surface area (Å²) in [5.74, 6) is 0.0989. The zero-order valence-electron chi connectivity index (χ0n) is 17.2. The van der Waals surface area contributed by atoms with Crippen LogP contribution >= 0.6 is 0 Å². The normalized spacial score (nSPS) is 17.2. The Balaban J connectivity index is 1.88. The van der Waals surface area contributed by atoms with Gasteiger partial charge in [-0.25, -0.2) is 31.7 Å². The molecule has 0 aliphatic carbocycles. The molecule has 16 heteroatoms. The molecule has 1 saturated heterocycles. The number of hydrogen-bond acceptors (Lipinski definition) is 11. The van der Waals surface area contributed by atoms with Crippen molar-refractivity contribution in [1.29, 1.82) is 0 Å². The molecule has 176 valence electrons. The number of nitrogen functional groups attached to an aromatic ring is 1. The Kier molecular flexibility index (Phi) is 6.37. The van der Waals surface area contributed by atoms with Crippen LogP contribution in [0.5, 0.6) is 0 Å². The summed E-state index contributed by atoms with van der Waals surface area (Å²) in [6, 6.07) is 5.56. The highest BCUT2D eigenvalue weighted by Gasteiger charge is 2.32. The summed E-state index contributed by atoms with van der Waals surface area (Å²) in [5.41, 5.74) is 6.25. The van der Waals surface area contributed by atoms with E-state index >= 15 is 0 Å². The number of nitrogens with two attached hydrogens (primary N) is 2. The first-order valence-corrected chi connectivity index (χ1v) is 12.8. The number of H-pyrrole nitrogens is 1. The van der Waals surface area contributed by atoms with Crippen molar-refractivity contribution in [3.63, 3.8) is 0 Å². The number of nitrogens with zero attached hydrogens (tertiary/aromatic N) is 4. The first-order valence-electron chi connectivity index (χ1n) is 9.76. The lowest BCUT2D eigenvalue weighted by Gasteiger charge is -2.25. The SMILES string of the molecule is Nc1ccc(-c2ccc(S(=O)(=O)NC[C@H]3CNCCN3)c(S(N)(=O)=O)c2-c2nn[nH]n2)cn1. The van der Waals surface area contributed by atoms with Gasteiger partial charge < -0.3 is 16.4 Å². The fraction of sp³-hybridized carbons (Fsp3) is 0.294. The second-order valence-electron chi connectivity index (χ2n) is 7.27. The van der Waals surface area contributed by atoms with Gasteiger partial charge in [0.1, 0.15) is 15.6 Å². The maximum atomic E-state index is 13.2. The van der Waals surface area contributed by atoms with Crippen LogP contribution in [-0.4, -0.2) is 74.7 Å². The summed E-state index contributed by atoms with van der Waals surface area (Å²) in [5, 5.41) is 25.3. The molecule has 4 rings (SSSR count). The summed E-state index contributed by atoms with van der Waals surface area (Å²) in [7, 11) is -8.86. The highest BCUT2D eigenvalue weighted by Crippen LogP contribution is 2.38. The van der Waals surface area contributed by atoms with Crippen LogP contribution in [0.2, 0.25) is 0 Å². The predicted octanol–water partition coefficient (Wildman–Crippen LogP) is -2.00. The number of tetrazole rings is 1. The zero-order valence-corrected chi connectivity index (χ0v) is 18.8. The van der Waals surface area contributed by atoms with E-state index in [9.17, 15) is 16.8 Å². The molecule has 1 atom stereocenters. The average Bonchev–Trinajstić information content (AvgIpc) is 3.32. The first-order chi connectivity index (χ1) is 15.7. The van der Waals surface area contributed by atoms with Crippen molar-refractivity contribution in [1.82, 2.24) is 41.0 Å². The van der Waals surface area contributed by atoms with Gasteiger partial charge in [0.2, 0.25) is 25.9 Å². The van der Waals surface area contributed by atoms with Crippen LogP contribution in [0.4, 0.5) is 5.82 Å². The fourth-order valence-electron chi connectivity index (χ4n) is 3.50. The van der Waals surface area contributed by atoms with Crippen molar-refractivity contribution in [3.8, 4) is 22.5 Å². The van der Waals surface area contributed by atoms with E-state index in [4.69, 9.17) is 10.9 Å². The minimum absolute atomic E-state index is 0.0422. The van der Waals surface area contributed by atoms with Crippen molar-refractivity contribution in [2.75, 3.05) is 31.9 Å². The number of aromatic nitrogens is 5. The van der Waals surface area contributed by atoms with Gasteiger partial charge in [-0.2, -0.15) is 5.21 Å². The van der Waals surface area contributed by atoms with Gasteiger partial charge in [-0.3, -0.25) is 0 Å². The topological polar surface area (TPSA) is 224 Å². The van der Waals surface area contributed by atoms with E-state index in [2.05, 4.69) is 41.0 Å². The smallest absolute Gasteiger partial charge is 0.241 e. The van der Waals surface area contributed by atoms with E-state index in [1.165, 1.54) is 24.4 Å². The number of benzene rings is 1. The number of primary sulfonamides is 1. The molecule has 8 N–H and O–H groups in total. The van der Waals surface area contributed by atoms with E-state index in [1.54, 1.807) is 6.07 Å². The Morgan fingerprint density at radius 1 is 1.12 bits per heavy atom. The third-order valence-corrected chi connectivity index (χ3v) is 7.60. The fourth-order valence-corrected chi connectivity index (χ4v) is 6.18. The number of aromatic amines is 1. The number of pyridine rings is 1. The minimum atomic E-state index is -4.57. The Bertz CT molecular complexity index is 1340. The molecule has 1 fully saturated rings. The van der Waals surface area contributed by atoms with Crippen LogP contribution in [-0.2, 0) is 20.0 Å². The minimum Gasteiger partial charge on any atom is -0.384 e. The molecule has 0 saturated carbocycles. The first kappa shape index (κ1) is 23.1. The van der Waals surface area contributed by atoms with Crippen LogP contribution in [0.1, 0.15) is 0 Å². The average molecular weight is 495 g/mol. The van der Waals surface area contributed by atoms with E-state index < -0.39 is 29.8 Å². The molecule has 1 aliphatic heterocycles. The third kappa shape index (κ3) is 5.00. The zero-order chi connectivity index (χ0) is 23.6. The molecular weight excluding hydrogens is 472 g/mol. The van der Waals surface area contributed by atoms with Gasteiger partial charge >= 0.3 is 0 Å².